The summed E-state index contributed by atoms with van der Waals surface area (Å²) >= 11 is 0. The molecule has 0 atom stereocenters. The number of anilines is 1. The van der Waals surface area contributed by atoms with Crippen LogP contribution in [0.3, 0.4) is 0 Å². The highest BCUT2D eigenvalue weighted by Gasteiger charge is 2.44. The number of hydrogen-bond acceptors (Lipinski definition) is 2. The molecule has 310 valence electrons. The number of carbonyl (C=O) groups excluding carboxylic acids is 1. The fraction of sp³-hybridized carbons (Fsp3) is 0.633. The SMILES string of the molecule is CCCC[N+](C)(C)CCC[N+](C)(C)CCCNC(=O)CCN1/C(=C/C=C/C2=[N+](CCC[N+](CC)(CC)CC)c3ccccc3C2(C)C)C(C)(C)c2ccccc21. The molecule has 0 aliphatic carbocycles. The van der Waals surface area contributed by atoms with Crippen molar-refractivity contribution in [1.82, 2.24) is 5.32 Å². The van der Waals surface area contributed by atoms with Gasteiger partial charge in [-0.2, -0.15) is 4.58 Å². The van der Waals surface area contributed by atoms with Gasteiger partial charge in [0, 0.05) is 66.9 Å². The number of allylic oxidation sites excluding steroid dienone is 4. The van der Waals surface area contributed by atoms with E-state index < -0.39 is 0 Å². The van der Waals surface area contributed by atoms with E-state index in [1.54, 1.807) is 0 Å². The van der Waals surface area contributed by atoms with Gasteiger partial charge in [-0.05, 0) is 58.7 Å². The molecule has 0 saturated heterocycles. The van der Waals surface area contributed by atoms with Crippen molar-refractivity contribution in [2.24, 2.45) is 0 Å². The van der Waals surface area contributed by atoms with E-state index in [0.717, 1.165) is 41.4 Å². The lowest BCUT2D eigenvalue weighted by molar-refractivity contribution is -0.924. The van der Waals surface area contributed by atoms with Gasteiger partial charge in [0.05, 0.1) is 92.4 Å². The summed E-state index contributed by atoms with van der Waals surface area (Å²) in [4.78, 5) is 15.7. The maximum Gasteiger partial charge on any atom is 0.221 e. The number of carbonyl (C=O) groups is 1. The fourth-order valence-electron chi connectivity index (χ4n) is 9.48. The van der Waals surface area contributed by atoms with Crippen molar-refractivity contribution in [2.45, 2.75) is 105 Å². The fourth-order valence-corrected chi connectivity index (χ4v) is 9.48. The normalized spacial score (nSPS) is 17.3. The van der Waals surface area contributed by atoms with Crippen LogP contribution < -0.4 is 10.2 Å². The molecule has 0 radical (unpaired) electrons. The molecule has 2 aliphatic heterocycles. The van der Waals surface area contributed by atoms with Gasteiger partial charge in [-0.25, -0.2) is 0 Å². The molecule has 4 rings (SSSR count). The van der Waals surface area contributed by atoms with Gasteiger partial charge >= 0.3 is 0 Å². The molecule has 0 spiro atoms. The summed E-state index contributed by atoms with van der Waals surface area (Å²) in [5.74, 6) is 0.135. The number of para-hydroxylation sites is 2. The lowest BCUT2D eigenvalue weighted by Crippen LogP contribution is -2.48. The van der Waals surface area contributed by atoms with E-state index in [2.05, 4.69) is 165 Å². The second kappa shape index (κ2) is 19.5. The van der Waals surface area contributed by atoms with Crippen LogP contribution >= 0.6 is 0 Å². The number of amides is 1. The van der Waals surface area contributed by atoms with Crippen LogP contribution in [0, 0.1) is 0 Å². The molecule has 7 heteroatoms. The zero-order chi connectivity index (χ0) is 41.2. The average Bonchev–Trinajstić information content (AvgIpc) is 3.51. The lowest BCUT2D eigenvalue weighted by atomic mass is 9.81. The van der Waals surface area contributed by atoms with Gasteiger partial charge in [-0.1, -0.05) is 69.7 Å². The Morgan fingerprint density at radius 1 is 0.732 bits per heavy atom. The minimum Gasteiger partial charge on any atom is -0.356 e. The van der Waals surface area contributed by atoms with Gasteiger partial charge in [0.1, 0.15) is 0 Å². The first kappa shape index (κ1) is 45.4. The summed E-state index contributed by atoms with van der Waals surface area (Å²) < 4.78 is 5.88. The van der Waals surface area contributed by atoms with Crippen LogP contribution in [0.15, 0.2) is 72.5 Å². The van der Waals surface area contributed by atoms with E-state index in [9.17, 15) is 4.79 Å². The van der Waals surface area contributed by atoms with Gasteiger partial charge in [0.25, 0.3) is 0 Å². The van der Waals surface area contributed by atoms with Crippen molar-refractivity contribution < 1.29 is 22.8 Å². The van der Waals surface area contributed by atoms with Crippen LogP contribution in [0.25, 0.3) is 0 Å². The molecule has 7 nitrogen and oxygen atoms in total. The first-order valence-corrected chi connectivity index (χ1v) is 22.2. The van der Waals surface area contributed by atoms with Gasteiger partial charge in [0.15, 0.2) is 12.3 Å². The van der Waals surface area contributed by atoms with Crippen LogP contribution in [0.2, 0.25) is 0 Å². The van der Waals surface area contributed by atoms with Crippen LogP contribution in [-0.2, 0) is 15.6 Å². The second-order valence-electron chi connectivity index (χ2n) is 19.2. The third kappa shape index (κ3) is 11.0. The smallest absolute Gasteiger partial charge is 0.221 e. The largest absolute Gasteiger partial charge is 0.356 e. The van der Waals surface area contributed by atoms with Crippen molar-refractivity contribution in [3.05, 3.63) is 83.6 Å². The number of nitrogens with zero attached hydrogens (tertiary/aromatic N) is 5. The summed E-state index contributed by atoms with van der Waals surface area (Å²) in [7, 11) is 9.40. The minimum atomic E-state index is -0.175. The van der Waals surface area contributed by atoms with Gasteiger partial charge < -0.3 is 23.7 Å². The number of nitrogens with one attached hydrogen (secondary N) is 1. The van der Waals surface area contributed by atoms with Gasteiger partial charge in [-0.3, -0.25) is 4.79 Å². The van der Waals surface area contributed by atoms with Crippen molar-refractivity contribution in [3.8, 4) is 0 Å². The molecular weight excluding hydrogens is 689 g/mol. The molecule has 2 aliphatic rings. The zero-order valence-corrected chi connectivity index (χ0v) is 38.0. The van der Waals surface area contributed by atoms with Crippen molar-refractivity contribution >= 4 is 23.0 Å². The van der Waals surface area contributed by atoms with Crippen LogP contribution in [0.1, 0.15) is 105 Å². The Labute approximate surface area is 343 Å². The molecule has 0 fully saturated rings. The third-order valence-electron chi connectivity index (χ3n) is 13.6. The Morgan fingerprint density at radius 3 is 1.96 bits per heavy atom. The number of hydrogen-bond donors (Lipinski definition) is 1. The Hall–Kier alpha value is -3.26. The van der Waals surface area contributed by atoms with Crippen LogP contribution in [0.5, 0.6) is 0 Å². The highest BCUT2D eigenvalue weighted by atomic mass is 16.1. The van der Waals surface area contributed by atoms with E-state index in [0.29, 0.717) is 13.0 Å². The molecule has 2 aromatic rings. The number of unbranched alkanes of at least 4 members (excludes halogenated alkanes) is 1. The van der Waals surface area contributed by atoms with Crippen LogP contribution in [0.4, 0.5) is 11.4 Å². The third-order valence-corrected chi connectivity index (χ3v) is 13.6. The molecular formula is C49H82N6O+4. The summed E-state index contributed by atoms with van der Waals surface area (Å²) in [6.07, 6.45) is 13.4. The molecule has 2 aromatic carbocycles. The number of fused-ring (bicyclic) bond motifs is 2. The molecule has 1 N–H and O–H groups in total. The first-order valence-electron chi connectivity index (χ1n) is 22.2. The first-order chi connectivity index (χ1) is 26.5. The number of rotatable bonds is 23. The molecule has 0 unspecified atom stereocenters. The predicted molar refractivity (Wildman–Crippen MR) is 240 cm³/mol. The van der Waals surface area contributed by atoms with E-state index in [1.807, 2.05) is 0 Å². The number of benzene rings is 2. The Bertz CT molecular complexity index is 1680. The minimum absolute atomic E-state index is 0.0949. The predicted octanol–water partition coefficient (Wildman–Crippen LogP) is 8.81. The molecule has 1 amide bonds. The summed E-state index contributed by atoms with van der Waals surface area (Å²) in [6, 6.07) is 17.7. The van der Waals surface area contributed by atoms with Gasteiger partial charge in [-0.15, -0.1) is 0 Å². The highest BCUT2D eigenvalue weighted by Crippen LogP contribution is 2.47. The second-order valence-corrected chi connectivity index (χ2v) is 19.2. The zero-order valence-electron chi connectivity index (χ0n) is 38.0. The monoisotopic (exact) mass is 771 g/mol. The average molecular weight is 771 g/mol. The lowest BCUT2D eigenvalue weighted by Gasteiger charge is -2.35. The van der Waals surface area contributed by atoms with E-state index in [1.165, 1.54) is 103 Å². The Kier molecular flexibility index (Phi) is 15.8. The molecule has 0 saturated carbocycles. The van der Waals surface area contributed by atoms with Crippen molar-refractivity contribution in [2.75, 3.05) is 105 Å². The van der Waals surface area contributed by atoms with E-state index in [-0.39, 0.29) is 16.7 Å². The summed E-state index contributed by atoms with van der Waals surface area (Å²) in [5.41, 5.74) is 7.61. The Morgan fingerprint density at radius 2 is 1.32 bits per heavy atom. The van der Waals surface area contributed by atoms with Crippen molar-refractivity contribution in [3.63, 3.8) is 0 Å². The maximum absolute atomic E-state index is 13.3. The molecule has 2 heterocycles. The topological polar surface area (TPSA) is 35.4 Å². The molecule has 56 heavy (non-hydrogen) atoms. The van der Waals surface area contributed by atoms with Crippen LogP contribution in [-0.4, -0.2) is 130 Å². The van der Waals surface area contributed by atoms with Crippen molar-refractivity contribution in [1.29, 1.82) is 0 Å². The molecule has 0 aromatic heterocycles. The summed E-state index contributed by atoms with van der Waals surface area (Å²) in [5, 5.41) is 3.26. The quantitative estimate of drug-likeness (QED) is 0.0697. The standard InChI is InChI=1S/C49H81N6O/c1-13-17-36-53(9,10)38-25-39-54(11,12)37-23-33-50-47(56)32-35-52-44-29-21-19-27-42(44)49(7,8)46(52)31-22-30-45-48(5,6)41-26-18-20-28-43(41)51(45)34-24-40-55(14-2,15-3)16-4/h18-22,26-31H,13-17,23-25,32-40H2,1-12H3/q+3/p+1. The van der Waals surface area contributed by atoms with E-state index >= 15 is 0 Å². The maximum atomic E-state index is 13.3. The highest BCUT2D eigenvalue weighted by molar-refractivity contribution is 6.03. The van der Waals surface area contributed by atoms with E-state index in [4.69, 9.17) is 0 Å². The Balaban J connectivity index is 1.44. The van der Waals surface area contributed by atoms with Gasteiger partial charge in [0.2, 0.25) is 11.6 Å². The molecule has 0 bridgehead atoms. The number of quaternary nitrogens is 3. The summed E-state index contributed by atoms with van der Waals surface area (Å²) in [6.45, 7) is 30.6.